The first-order valence-electron chi connectivity index (χ1n) is 10.6. The van der Waals surface area contributed by atoms with Crippen LogP contribution in [0.4, 0.5) is 0 Å². The van der Waals surface area contributed by atoms with E-state index in [1.54, 1.807) is 7.05 Å². The Morgan fingerprint density at radius 1 is 1.00 bits per heavy atom. The molecule has 0 heterocycles. The summed E-state index contributed by atoms with van der Waals surface area (Å²) in [6, 6.07) is -0.521. The molecule has 158 valence electrons. The van der Waals surface area contributed by atoms with Gasteiger partial charge in [0.05, 0.1) is 12.1 Å². The molecule has 3 unspecified atom stereocenters. The third-order valence-electron chi connectivity index (χ3n) is 4.97. The predicted molar refractivity (Wildman–Crippen MR) is 111 cm³/mol. The molecule has 0 aliphatic carbocycles. The molecule has 0 saturated heterocycles. The number of ketones is 2. The first kappa shape index (κ1) is 25.9. The summed E-state index contributed by atoms with van der Waals surface area (Å²) >= 11 is 0. The Bertz CT molecular complexity index is 436. The molecule has 0 amide bonds. The van der Waals surface area contributed by atoms with Gasteiger partial charge in [-0.15, -0.1) is 0 Å². The van der Waals surface area contributed by atoms with Crippen molar-refractivity contribution >= 4 is 17.9 Å². The van der Waals surface area contributed by atoms with Crippen LogP contribution in [-0.4, -0.2) is 55.6 Å². The van der Waals surface area contributed by atoms with Crippen LogP contribution in [0.25, 0.3) is 0 Å². The third kappa shape index (κ3) is 8.62. The molecule has 0 aliphatic rings. The summed E-state index contributed by atoms with van der Waals surface area (Å²) in [6.07, 6.45) is 6.31. The lowest BCUT2D eigenvalue weighted by Gasteiger charge is -2.31. The second kappa shape index (κ2) is 14.9. The van der Waals surface area contributed by atoms with E-state index in [-0.39, 0.29) is 17.6 Å². The quantitative estimate of drug-likeness (QED) is 0.249. The summed E-state index contributed by atoms with van der Waals surface area (Å²) in [5.74, 6) is 0.0971. The van der Waals surface area contributed by atoms with Gasteiger partial charge in [-0.3, -0.25) is 14.9 Å². The van der Waals surface area contributed by atoms with E-state index in [0.29, 0.717) is 32.2 Å². The van der Waals surface area contributed by atoms with Crippen molar-refractivity contribution < 1.29 is 14.4 Å². The Morgan fingerprint density at radius 2 is 1.70 bits per heavy atom. The van der Waals surface area contributed by atoms with Crippen LogP contribution in [0.1, 0.15) is 79.1 Å². The molecule has 6 heteroatoms. The first-order valence-corrected chi connectivity index (χ1v) is 10.6. The number of rotatable bonds is 18. The van der Waals surface area contributed by atoms with Gasteiger partial charge in [0.2, 0.25) is 0 Å². The van der Waals surface area contributed by atoms with Crippen molar-refractivity contribution in [3.05, 3.63) is 0 Å². The summed E-state index contributed by atoms with van der Waals surface area (Å²) in [4.78, 5) is 37.3. The van der Waals surface area contributed by atoms with Crippen molar-refractivity contribution in [2.45, 2.75) is 96.7 Å². The second-order valence-corrected chi connectivity index (χ2v) is 7.23. The smallest absolute Gasteiger partial charge is 0.176 e. The minimum atomic E-state index is -1.13. The minimum absolute atomic E-state index is 0.0934. The van der Waals surface area contributed by atoms with Gasteiger partial charge in [-0.25, -0.2) is 0 Å². The average molecular weight is 384 g/mol. The number of carbonyl (C=O) groups excluding carboxylic acids is 3. The summed E-state index contributed by atoms with van der Waals surface area (Å²) in [5.41, 5.74) is -1.13. The highest BCUT2D eigenvalue weighted by Gasteiger charge is 2.40. The van der Waals surface area contributed by atoms with Crippen molar-refractivity contribution in [2.75, 3.05) is 20.1 Å². The molecule has 0 aromatic heterocycles. The fourth-order valence-corrected chi connectivity index (χ4v) is 3.48. The van der Waals surface area contributed by atoms with Crippen molar-refractivity contribution in [2.24, 2.45) is 0 Å². The molecule has 3 N–H and O–H groups in total. The monoisotopic (exact) mass is 383 g/mol. The van der Waals surface area contributed by atoms with E-state index in [4.69, 9.17) is 0 Å². The number of carbonyl (C=O) groups is 3. The fraction of sp³-hybridized carbons (Fsp3) is 0.857. The zero-order valence-corrected chi connectivity index (χ0v) is 18.0. The second-order valence-electron chi connectivity index (χ2n) is 7.23. The molecule has 0 rings (SSSR count). The van der Waals surface area contributed by atoms with Crippen molar-refractivity contribution in [3.63, 3.8) is 0 Å². The normalized spacial score (nSPS) is 15.7. The van der Waals surface area contributed by atoms with Gasteiger partial charge in [0.1, 0.15) is 17.6 Å². The lowest BCUT2D eigenvalue weighted by molar-refractivity contribution is -0.133. The van der Waals surface area contributed by atoms with Gasteiger partial charge in [-0.05, 0) is 52.2 Å². The molecule has 0 radical (unpaired) electrons. The highest BCUT2D eigenvalue weighted by Crippen LogP contribution is 2.17. The molecule has 0 fully saturated rings. The minimum Gasteiger partial charge on any atom is -0.310 e. The van der Waals surface area contributed by atoms with Crippen LogP contribution in [-0.2, 0) is 14.4 Å². The third-order valence-corrected chi connectivity index (χ3v) is 4.97. The van der Waals surface area contributed by atoms with Gasteiger partial charge in [0.25, 0.3) is 0 Å². The Morgan fingerprint density at radius 3 is 2.19 bits per heavy atom. The molecule has 0 aliphatic heterocycles. The highest BCUT2D eigenvalue weighted by molar-refractivity contribution is 6.05. The van der Waals surface area contributed by atoms with Crippen LogP contribution in [0.5, 0.6) is 0 Å². The van der Waals surface area contributed by atoms with Crippen LogP contribution < -0.4 is 16.0 Å². The van der Waals surface area contributed by atoms with E-state index in [9.17, 15) is 14.4 Å². The van der Waals surface area contributed by atoms with E-state index < -0.39 is 11.6 Å². The van der Waals surface area contributed by atoms with Crippen molar-refractivity contribution in [3.8, 4) is 0 Å². The van der Waals surface area contributed by atoms with Gasteiger partial charge in [0, 0.05) is 6.42 Å². The van der Waals surface area contributed by atoms with Crippen molar-refractivity contribution in [1.29, 1.82) is 0 Å². The summed E-state index contributed by atoms with van der Waals surface area (Å²) in [5, 5.41) is 9.46. The molecular formula is C21H41N3O3. The maximum absolute atomic E-state index is 13.1. The molecule has 6 nitrogen and oxygen atoms in total. The number of hydrogen-bond acceptors (Lipinski definition) is 6. The van der Waals surface area contributed by atoms with Gasteiger partial charge in [-0.2, -0.15) is 0 Å². The fourth-order valence-electron chi connectivity index (χ4n) is 3.48. The molecule has 0 aromatic rings. The number of hydrogen-bond donors (Lipinski definition) is 3. The molecule has 0 saturated carbocycles. The van der Waals surface area contributed by atoms with Gasteiger partial charge < -0.3 is 15.4 Å². The van der Waals surface area contributed by atoms with Crippen LogP contribution in [0.3, 0.4) is 0 Å². The van der Waals surface area contributed by atoms with Gasteiger partial charge >= 0.3 is 0 Å². The largest absolute Gasteiger partial charge is 0.310 e. The summed E-state index contributed by atoms with van der Waals surface area (Å²) in [6.45, 7) is 9.46. The van der Waals surface area contributed by atoms with E-state index in [1.165, 1.54) is 0 Å². The number of likely N-dealkylation sites (N-methyl/N-ethyl adjacent to an activating group) is 2. The van der Waals surface area contributed by atoms with Crippen LogP contribution >= 0.6 is 0 Å². The predicted octanol–water partition coefficient (Wildman–Crippen LogP) is 2.40. The zero-order chi connectivity index (χ0) is 20.7. The maximum atomic E-state index is 13.1. The van der Waals surface area contributed by atoms with Crippen molar-refractivity contribution in [1.82, 2.24) is 16.0 Å². The number of aldehydes is 1. The Kier molecular flexibility index (Phi) is 14.3. The Labute approximate surface area is 165 Å². The molecule has 0 bridgehead atoms. The topological polar surface area (TPSA) is 87.3 Å². The zero-order valence-electron chi connectivity index (χ0n) is 18.0. The molecule has 3 atom stereocenters. The average Bonchev–Trinajstić information content (AvgIpc) is 2.67. The molecule has 0 spiro atoms. The van der Waals surface area contributed by atoms with Crippen LogP contribution in [0.2, 0.25) is 0 Å². The SMILES string of the molecule is CCCNC(C=O)(CCC)C(=O)C(CCCC(=O)C(CCC)NCC)NC. The van der Waals surface area contributed by atoms with Crippen LogP contribution in [0, 0.1) is 0 Å². The van der Waals surface area contributed by atoms with Gasteiger partial charge in [0.15, 0.2) is 5.78 Å². The lowest BCUT2D eigenvalue weighted by Crippen LogP contribution is -2.59. The lowest BCUT2D eigenvalue weighted by atomic mass is 9.84. The maximum Gasteiger partial charge on any atom is 0.176 e. The number of Topliss-reactive ketones (excluding diaryl/α,β-unsaturated/α-hetero) is 2. The molecule has 27 heavy (non-hydrogen) atoms. The molecular weight excluding hydrogens is 342 g/mol. The first-order chi connectivity index (χ1) is 13.0. The van der Waals surface area contributed by atoms with E-state index in [2.05, 4.69) is 22.9 Å². The Balaban J connectivity index is 4.90. The highest BCUT2D eigenvalue weighted by atomic mass is 16.2. The van der Waals surface area contributed by atoms with Crippen LogP contribution in [0.15, 0.2) is 0 Å². The van der Waals surface area contributed by atoms with E-state index in [0.717, 1.165) is 38.5 Å². The molecule has 0 aromatic carbocycles. The summed E-state index contributed by atoms with van der Waals surface area (Å²) < 4.78 is 0. The Hall–Kier alpha value is -1.11. The van der Waals surface area contributed by atoms with E-state index >= 15 is 0 Å². The van der Waals surface area contributed by atoms with E-state index in [1.807, 2.05) is 20.8 Å². The summed E-state index contributed by atoms with van der Waals surface area (Å²) in [7, 11) is 1.74. The number of nitrogens with one attached hydrogen (secondary N) is 3. The standard InChI is InChI=1S/C21H41N3O3/c1-6-11-17(23-9-4)19(26)13-10-12-18(22-5)20(27)21(16-25,14-7-2)24-15-8-3/h16-18,22-24H,6-15H2,1-5H3. The van der Waals surface area contributed by atoms with Gasteiger partial charge in [-0.1, -0.05) is 40.5 Å².